The molecule has 1 heterocycles. The van der Waals surface area contributed by atoms with Crippen LogP contribution in [0.3, 0.4) is 0 Å². The topological polar surface area (TPSA) is 60.1 Å². The van der Waals surface area contributed by atoms with Crippen molar-refractivity contribution in [2.24, 2.45) is 12.8 Å². The van der Waals surface area contributed by atoms with E-state index in [1.165, 1.54) is 25.0 Å². The van der Waals surface area contributed by atoms with Crippen molar-refractivity contribution in [1.82, 2.24) is 4.57 Å². The Labute approximate surface area is 131 Å². The van der Waals surface area contributed by atoms with Crippen molar-refractivity contribution in [3.05, 3.63) is 52.8 Å². The van der Waals surface area contributed by atoms with E-state index in [0.29, 0.717) is 12.5 Å². The van der Waals surface area contributed by atoms with Gasteiger partial charge in [-0.1, -0.05) is 18.6 Å². The van der Waals surface area contributed by atoms with Crippen molar-refractivity contribution in [2.75, 3.05) is 5.32 Å². The van der Waals surface area contributed by atoms with Gasteiger partial charge in [-0.25, -0.2) is 0 Å². The predicted molar refractivity (Wildman–Crippen MR) is 89.0 cm³/mol. The van der Waals surface area contributed by atoms with Gasteiger partial charge in [0.15, 0.2) is 0 Å². The number of hydrogen-bond acceptors (Lipinski definition) is 2. The highest BCUT2D eigenvalue weighted by Gasteiger charge is 2.25. The van der Waals surface area contributed by atoms with Gasteiger partial charge in [-0.2, -0.15) is 0 Å². The normalized spacial score (nSPS) is 14.7. The molecular formula is C18H23N3O. The van der Waals surface area contributed by atoms with E-state index in [4.69, 9.17) is 5.73 Å². The molecular weight excluding hydrogens is 274 g/mol. The lowest BCUT2D eigenvalue weighted by molar-refractivity contribution is 0.102. The van der Waals surface area contributed by atoms with Gasteiger partial charge in [0.1, 0.15) is 0 Å². The summed E-state index contributed by atoms with van der Waals surface area (Å²) in [5.74, 6) is 0.568. The summed E-state index contributed by atoms with van der Waals surface area (Å²) in [6.07, 6.45) is 3.76. The van der Waals surface area contributed by atoms with Crippen molar-refractivity contribution in [3.63, 3.8) is 0 Å². The number of anilines is 1. The number of rotatable bonds is 4. The molecule has 116 valence electrons. The van der Waals surface area contributed by atoms with E-state index >= 15 is 0 Å². The van der Waals surface area contributed by atoms with Crippen LogP contribution in [0.4, 0.5) is 5.69 Å². The fourth-order valence-corrected chi connectivity index (χ4v) is 3.02. The Morgan fingerprint density at radius 3 is 2.77 bits per heavy atom. The molecule has 1 aliphatic carbocycles. The minimum absolute atomic E-state index is 0.0483. The van der Waals surface area contributed by atoms with E-state index in [-0.39, 0.29) is 5.91 Å². The molecule has 1 saturated carbocycles. The van der Waals surface area contributed by atoms with Crippen LogP contribution in [0.25, 0.3) is 0 Å². The van der Waals surface area contributed by atoms with Crippen LogP contribution in [0, 0.1) is 6.92 Å². The average Bonchev–Trinajstić information content (AvgIpc) is 2.75. The van der Waals surface area contributed by atoms with Gasteiger partial charge in [-0.05, 0) is 49.4 Å². The highest BCUT2D eigenvalue weighted by atomic mass is 16.1. The lowest BCUT2D eigenvalue weighted by Crippen LogP contribution is -2.13. The van der Waals surface area contributed by atoms with Crippen LogP contribution in [-0.4, -0.2) is 10.5 Å². The van der Waals surface area contributed by atoms with Crippen LogP contribution in [0.2, 0.25) is 0 Å². The van der Waals surface area contributed by atoms with Gasteiger partial charge in [0, 0.05) is 30.7 Å². The van der Waals surface area contributed by atoms with E-state index in [1.807, 2.05) is 31.2 Å². The number of aromatic nitrogens is 1. The molecule has 1 aromatic heterocycles. The van der Waals surface area contributed by atoms with E-state index in [0.717, 1.165) is 22.5 Å². The van der Waals surface area contributed by atoms with Gasteiger partial charge < -0.3 is 15.6 Å². The molecule has 1 aliphatic rings. The molecule has 1 aromatic carbocycles. The molecule has 4 nitrogen and oxygen atoms in total. The molecule has 4 heteroatoms. The van der Waals surface area contributed by atoms with Gasteiger partial charge in [0.2, 0.25) is 0 Å². The van der Waals surface area contributed by atoms with Crippen LogP contribution in [0.15, 0.2) is 30.3 Å². The van der Waals surface area contributed by atoms with Crippen LogP contribution in [0.1, 0.15) is 52.5 Å². The van der Waals surface area contributed by atoms with Crippen LogP contribution in [-0.2, 0) is 13.6 Å². The van der Waals surface area contributed by atoms with Crippen LogP contribution < -0.4 is 11.1 Å². The molecule has 0 radical (unpaired) electrons. The Hall–Kier alpha value is -2.07. The first kappa shape index (κ1) is 14.9. The average molecular weight is 297 g/mol. The minimum Gasteiger partial charge on any atom is -0.351 e. The highest BCUT2D eigenvalue weighted by Crippen LogP contribution is 2.37. The second-order valence-corrected chi connectivity index (χ2v) is 6.11. The van der Waals surface area contributed by atoms with Crippen molar-refractivity contribution >= 4 is 11.6 Å². The Morgan fingerprint density at radius 2 is 2.14 bits per heavy atom. The molecule has 0 atom stereocenters. The summed E-state index contributed by atoms with van der Waals surface area (Å²) in [6.45, 7) is 2.48. The molecule has 1 fully saturated rings. The third-order valence-corrected chi connectivity index (χ3v) is 4.76. The molecule has 0 bridgehead atoms. The number of nitrogens with one attached hydrogen (secondary N) is 1. The Bertz CT molecular complexity index is 698. The number of carbonyl (C=O) groups is 1. The fourth-order valence-electron chi connectivity index (χ4n) is 3.02. The van der Waals surface area contributed by atoms with E-state index < -0.39 is 0 Å². The lowest BCUT2D eigenvalue weighted by atomic mass is 9.83. The van der Waals surface area contributed by atoms with E-state index in [9.17, 15) is 4.79 Å². The van der Waals surface area contributed by atoms with E-state index in [1.54, 1.807) is 0 Å². The van der Waals surface area contributed by atoms with Gasteiger partial charge in [0.05, 0.1) is 5.56 Å². The molecule has 0 aliphatic heterocycles. The number of carbonyl (C=O) groups excluding carboxylic acids is 1. The Kier molecular flexibility index (Phi) is 4.03. The number of nitrogens with two attached hydrogens (primary N) is 1. The number of nitrogens with zero attached hydrogens (tertiary/aromatic N) is 1. The van der Waals surface area contributed by atoms with Crippen molar-refractivity contribution in [3.8, 4) is 0 Å². The number of benzene rings is 1. The van der Waals surface area contributed by atoms with Gasteiger partial charge in [-0.15, -0.1) is 0 Å². The number of hydrogen-bond donors (Lipinski definition) is 2. The van der Waals surface area contributed by atoms with Crippen molar-refractivity contribution in [1.29, 1.82) is 0 Å². The summed E-state index contributed by atoms with van der Waals surface area (Å²) in [6, 6.07) is 9.74. The zero-order valence-corrected chi connectivity index (χ0v) is 13.2. The maximum atomic E-state index is 12.6. The summed E-state index contributed by atoms with van der Waals surface area (Å²) >= 11 is 0. The second kappa shape index (κ2) is 5.97. The third kappa shape index (κ3) is 2.66. The summed E-state index contributed by atoms with van der Waals surface area (Å²) in [5, 5.41) is 2.98. The van der Waals surface area contributed by atoms with Gasteiger partial charge >= 0.3 is 0 Å². The lowest BCUT2D eigenvalue weighted by Gasteiger charge is -2.26. The van der Waals surface area contributed by atoms with Gasteiger partial charge in [0.25, 0.3) is 5.91 Å². The minimum atomic E-state index is -0.0483. The molecule has 3 N–H and O–H groups in total. The first-order valence-electron chi connectivity index (χ1n) is 7.86. The maximum absolute atomic E-state index is 12.6. The molecule has 2 aromatic rings. The summed E-state index contributed by atoms with van der Waals surface area (Å²) in [7, 11) is 2.05. The van der Waals surface area contributed by atoms with Crippen LogP contribution in [0.5, 0.6) is 0 Å². The molecule has 0 saturated heterocycles. The monoisotopic (exact) mass is 297 g/mol. The van der Waals surface area contributed by atoms with Crippen molar-refractivity contribution in [2.45, 2.75) is 38.6 Å². The zero-order chi connectivity index (χ0) is 15.7. The largest absolute Gasteiger partial charge is 0.351 e. The number of amides is 1. The summed E-state index contributed by atoms with van der Waals surface area (Å²) < 4.78 is 2.16. The molecule has 3 rings (SSSR count). The van der Waals surface area contributed by atoms with Crippen LogP contribution >= 0.6 is 0 Å². The Balaban J connectivity index is 1.82. The second-order valence-electron chi connectivity index (χ2n) is 6.11. The SMILES string of the molecule is Cc1c(C(=O)Nc2cccc(CN)c2)cc(C2CCC2)n1C. The molecule has 22 heavy (non-hydrogen) atoms. The highest BCUT2D eigenvalue weighted by molar-refractivity contribution is 6.05. The Morgan fingerprint density at radius 1 is 1.36 bits per heavy atom. The molecule has 0 spiro atoms. The predicted octanol–water partition coefficient (Wildman–Crippen LogP) is 3.31. The van der Waals surface area contributed by atoms with Crippen molar-refractivity contribution < 1.29 is 4.79 Å². The fraction of sp³-hybridized carbons (Fsp3) is 0.389. The standard InChI is InChI=1S/C18H23N3O/c1-12-16(10-17(21(12)2)14-6-4-7-14)18(22)20-15-8-3-5-13(9-15)11-19/h3,5,8-10,14H,4,6-7,11,19H2,1-2H3,(H,20,22). The maximum Gasteiger partial charge on any atom is 0.257 e. The quantitative estimate of drug-likeness (QED) is 0.909. The summed E-state index contributed by atoms with van der Waals surface area (Å²) in [4.78, 5) is 12.6. The first-order chi connectivity index (χ1) is 10.6. The third-order valence-electron chi connectivity index (χ3n) is 4.76. The van der Waals surface area contributed by atoms with E-state index in [2.05, 4.69) is 23.0 Å². The first-order valence-corrected chi connectivity index (χ1v) is 7.86. The zero-order valence-electron chi connectivity index (χ0n) is 13.2. The molecule has 0 unspecified atom stereocenters. The summed E-state index contributed by atoms with van der Waals surface area (Å²) in [5.41, 5.74) is 10.5. The van der Waals surface area contributed by atoms with Gasteiger partial charge in [-0.3, -0.25) is 4.79 Å². The smallest absolute Gasteiger partial charge is 0.257 e. The molecule has 1 amide bonds.